The summed E-state index contributed by atoms with van der Waals surface area (Å²) in [7, 11) is 0. The van der Waals surface area contributed by atoms with Crippen molar-refractivity contribution in [2.24, 2.45) is 0 Å². The van der Waals surface area contributed by atoms with Crippen LogP contribution in [0.5, 0.6) is 0 Å². The second-order valence-electron chi connectivity index (χ2n) is 29.2. The highest BCUT2D eigenvalue weighted by Crippen LogP contribution is 2.51. The van der Waals surface area contributed by atoms with Crippen molar-refractivity contribution in [3.8, 4) is 134 Å². The average molecular weight is 1420 g/mol. The van der Waals surface area contributed by atoms with Gasteiger partial charge >= 0.3 is 0 Å². The Kier molecular flexibility index (Phi) is 17.4. The van der Waals surface area contributed by atoms with Gasteiger partial charge in [-0.3, -0.25) is 0 Å². The van der Waals surface area contributed by atoms with Gasteiger partial charge in [0.25, 0.3) is 0 Å². The Hall–Kier alpha value is -14.6. The van der Waals surface area contributed by atoms with Gasteiger partial charge in [-0.1, -0.05) is 437 Å². The van der Waals surface area contributed by atoms with E-state index in [4.69, 9.17) is 0 Å². The molecule has 0 fully saturated rings. The van der Waals surface area contributed by atoms with Crippen LogP contribution >= 0.6 is 0 Å². The fraction of sp³-hybridized carbons (Fsp3) is 0. The zero-order chi connectivity index (χ0) is 74.3. The maximum Gasteiger partial charge on any atom is -0.00201 e. The lowest BCUT2D eigenvalue weighted by Gasteiger charge is -2.21. The zero-order valence-electron chi connectivity index (χ0n) is 61.7. The van der Waals surface area contributed by atoms with Crippen LogP contribution in [0.3, 0.4) is 0 Å². The van der Waals surface area contributed by atoms with Gasteiger partial charge in [0, 0.05) is 0 Å². The van der Waals surface area contributed by atoms with E-state index in [9.17, 15) is 0 Å². The fourth-order valence-corrected chi connectivity index (χ4v) is 17.4. The molecule has 112 heavy (non-hydrogen) atoms. The first-order chi connectivity index (χ1) is 55.6. The van der Waals surface area contributed by atoms with E-state index >= 15 is 0 Å². The van der Waals surface area contributed by atoms with Crippen molar-refractivity contribution in [3.05, 3.63) is 449 Å². The van der Waals surface area contributed by atoms with Crippen molar-refractivity contribution in [2.45, 2.75) is 0 Å². The van der Waals surface area contributed by atoms with Crippen LogP contribution in [0.1, 0.15) is 0 Å². The molecule has 21 aromatic rings. The number of hydrogen-bond acceptors (Lipinski definition) is 0. The SMILES string of the molecule is c1ccc(-c2ccc(-c3c4ccccc4c(-c4ccc(-c5ccccc5)cc4)c4cc(-c5c6ccccc6c(-c6cccc7ccccc67)c6ccccc56)ccc34)cc2)cc1.c1ccc(-c2ccc(-c3ccc4c(-c5ccc(-c6ccccc6)cc5)c5ccccc5c(-c5ccc(-c6ccccc6)cc5)c4c3)cc2)cc1. The Morgan fingerprint density at radius 2 is 0.277 bits per heavy atom. The topological polar surface area (TPSA) is 0 Å². The Morgan fingerprint density at radius 3 is 0.589 bits per heavy atom. The molecular weight excluding hydrogens is 1350 g/mol. The van der Waals surface area contributed by atoms with Crippen LogP contribution < -0.4 is 0 Å². The van der Waals surface area contributed by atoms with Crippen LogP contribution in [0.2, 0.25) is 0 Å². The van der Waals surface area contributed by atoms with Crippen LogP contribution in [0, 0.1) is 0 Å². The highest BCUT2D eigenvalue weighted by Gasteiger charge is 2.24. The molecular formula is C112H74. The summed E-state index contributed by atoms with van der Waals surface area (Å²) in [5, 5.41) is 17.5. The van der Waals surface area contributed by atoms with Crippen LogP contribution in [-0.2, 0) is 0 Å². The monoisotopic (exact) mass is 1420 g/mol. The van der Waals surface area contributed by atoms with Gasteiger partial charge in [-0.2, -0.15) is 0 Å². The maximum atomic E-state index is 2.48. The van der Waals surface area contributed by atoms with Gasteiger partial charge in [-0.15, -0.1) is 0 Å². The lowest BCUT2D eigenvalue weighted by Crippen LogP contribution is -1.94. The lowest BCUT2D eigenvalue weighted by molar-refractivity contribution is 1.59. The minimum Gasteiger partial charge on any atom is -0.0622 e. The molecule has 0 atom stereocenters. The summed E-state index contributed by atoms with van der Waals surface area (Å²) in [4.78, 5) is 0. The van der Waals surface area contributed by atoms with Crippen molar-refractivity contribution in [3.63, 3.8) is 0 Å². The van der Waals surface area contributed by atoms with Gasteiger partial charge in [0.2, 0.25) is 0 Å². The first-order valence-electron chi connectivity index (χ1n) is 38.8. The molecule has 0 N–H and O–H groups in total. The van der Waals surface area contributed by atoms with E-state index in [0.29, 0.717) is 0 Å². The smallest absolute Gasteiger partial charge is 0.00201 e. The van der Waals surface area contributed by atoms with Crippen LogP contribution in [0.4, 0.5) is 0 Å². The number of fused-ring (bicyclic) bond motifs is 7. The van der Waals surface area contributed by atoms with Crippen molar-refractivity contribution in [2.75, 3.05) is 0 Å². The lowest BCUT2D eigenvalue weighted by atomic mass is 9.82. The van der Waals surface area contributed by atoms with E-state index in [2.05, 4.69) is 449 Å². The van der Waals surface area contributed by atoms with Crippen molar-refractivity contribution in [1.29, 1.82) is 0 Å². The molecule has 0 heterocycles. The zero-order valence-corrected chi connectivity index (χ0v) is 61.7. The molecule has 522 valence electrons. The molecule has 0 heteroatoms. The largest absolute Gasteiger partial charge is 0.0622 e. The molecule has 0 aliphatic rings. The summed E-state index contributed by atoms with van der Waals surface area (Å²) < 4.78 is 0. The Bertz CT molecular complexity index is 6990. The van der Waals surface area contributed by atoms with Gasteiger partial charge in [0.15, 0.2) is 0 Å². The second kappa shape index (κ2) is 29.2. The average Bonchev–Trinajstić information content (AvgIpc) is 0.720. The van der Waals surface area contributed by atoms with Crippen LogP contribution in [0.25, 0.3) is 209 Å². The molecule has 0 unspecified atom stereocenters. The predicted octanol–water partition coefficient (Wildman–Crippen LogP) is 31.4. The second-order valence-corrected chi connectivity index (χ2v) is 29.2. The van der Waals surface area contributed by atoms with E-state index < -0.39 is 0 Å². The third-order valence-corrected chi connectivity index (χ3v) is 22.8. The van der Waals surface area contributed by atoms with Gasteiger partial charge in [0.1, 0.15) is 0 Å². The molecule has 21 rings (SSSR count). The van der Waals surface area contributed by atoms with Crippen molar-refractivity contribution < 1.29 is 0 Å². The molecule has 21 aromatic carbocycles. The highest BCUT2D eigenvalue weighted by atomic mass is 14.3. The van der Waals surface area contributed by atoms with Crippen molar-refractivity contribution in [1.82, 2.24) is 0 Å². The maximum absolute atomic E-state index is 2.48. The minimum absolute atomic E-state index is 1.20. The summed E-state index contributed by atoms with van der Waals surface area (Å²) >= 11 is 0. The summed E-state index contributed by atoms with van der Waals surface area (Å²) in [5.41, 5.74) is 29.5. The number of hydrogen-bond donors (Lipinski definition) is 0. The summed E-state index contributed by atoms with van der Waals surface area (Å²) in [6.07, 6.45) is 0. The third kappa shape index (κ3) is 12.4. The normalized spacial score (nSPS) is 11.4. The molecule has 0 radical (unpaired) electrons. The highest BCUT2D eigenvalue weighted by molar-refractivity contribution is 6.27. The summed E-state index contributed by atoms with van der Waals surface area (Å²) in [5.74, 6) is 0. The Balaban J connectivity index is 0.000000149. The molecule has 0 saturated heterocycles. The number of benzene rings is 21. The standard InChI is InChI=1S/C62H40.C50H34/c1-3-16-41(17-4-1)43-30-34-46(35-31-43)59-51-23-9-10-24-52(51)60(47-36-32-44(33-37-47)42-18-5-2-6-19-42)58-40-48(38-39-57(58)59)61-53-25-11-13-27-55(53)62(56-28-14-12-26-54(56)61)50-29-15-21-45-20-7-8-22-49(45)50;1-4-12-35(13-5-1)38-20-22-41(23-21-38)44-32-33-47-48(34-44)50(43-30-26-40(27-31-43)37-16-8-3-9-17-37)46-19-11-10-18-45(46)49(47)42-28-24-39(25-29-42)36-14-6-2-7-15-36/h1-40H;1-34H. The molecule has 0 saturated carbocycles. The van der Waals surface area contributed by atoms with Gasteiger partial charge in [-0.05, 0) is 221 Å². The third-order valence-electron chi connectivity index (χ3n) is 22.8. The molecule has 0 nitrogen and oxygen atoms in total. The molecule has 0 aliphatic carbocycles. The van der Waals surface area contributed by atoms with Gasteiger partial charge < -0.3 is 0 Å². The van der Waals surface area contributed by atoms with E-state index in [0.717, 1.165) is 0 Å². The van der Waals surface area contributed by atoms with Crippen LogP contribution in [-0.4, -0.2) is 0 Å². The Labute approximate surface area is 653 Å². The number of rotatable bonds is 12. The Morgan fingerprint density at radius 1 is 0.0893 bits per heavy atom. The predicted molar refractivity (Wildman–Crippen MR) is 481 cm³/mol. The van der Waals surface area contributed by atoms with Crippen molar-refractivity contribution >= 4 is 75.4 Å². The molecule has 0 aliphatic heterocycles. The van der Waals surface area contributed by atoms with E-state index in [1.54, 1.807) is 0 Å². The van der Waals surface area contributed by atoms with E-state index in [1.807, 2.05) is 0 Å². The van der Waals surface area contributed by atoms with E-state index in [-0.39, 0.29) is 0 Å². The summed E-state index contributed by atoms with van der Waals surface area (Å²) in [6, 6.07) is 164. The first-order valence-corrected chi connectivity index (χ1v) is 38.8. The van der Waals surface area contributed by atoms with Gasteiger partial charge in [0.05, 0.1) is 0 Å². The minimum atomic E-state index is 1.20. The molecule has 0 aromatic heterocycles. The molecule has 0 bridgehead atoms. The molecule has 0 amide bonds. The molecule has 0 spiro atoms. The summed E-state index contributed by atoms with van der Waals surface area (Å²) in [6.45, 7) is 0. The van der Waals surface area contributed by atoms with Gasteiger partial charge in [-0.25, -0.2) is 0 Å². The first kappa shape index (κ1) is 66.8. The van der Waals surface area contributed by atoms with E-state index in [1.165, 1.54) is 209 Å². The fourth-order valence-electron chi connectivity index (χ4n) is 17.4. The quantitative estimate of drug-likeness (QED) is 0.107. The van der Waals surface area contributed by atoms with Crippen LogP contribution in [0.15, 0.2) is 449 Å².